The van der Waals surface area contributed by atoms with E-state index >= 15 is 0 Å². The molecule has 8 aromatic carbocycles. The Labute approximate surface area is 438 Å². The van der Waals surface area contributed by atoms with Crippen molar-refractivity contribution < 1.29 is 29.9 Å². The van der Waals surface area contributed by atoms with Gasteiger partial charge >= 0.3 is 0 Å². The van der Waals surface area contributed by atoms with Gasteiger partial charge in [-0.3, -0.25) is 4.48 Å². The molecule has 5 nitrogen and oxygen atoms in total. The van der Waals surface area contributed by atoms with Crippen molar-refractivity contribution in [2.75, 3.05) is 6.67 Å². The molecule has 3 aliphatic rings. The van der Waals surface area contributed by atoms with Gasteiger partial charge in [0.15, 0.2) is 26.1 Å². The molecule has 0 N–H and O–H groups in total. The van der Waals surface area contributed by atoms with Crippen LogP contribution in [0, 0.1) is 25.7 Å². The Morgan fingerprint density at radius 2 is 1.21 bits per heavy atom. The van der Waals surface area contributed by atoms with Gasteiger partial charge in [0.1, 0.15) is 11.5 Å². The largest absolute Gasteiger partial charge is 0.509 e. The van der Waals surface area contributed by atoms with Gasteiger partial charge < -0.3 is 13.8 Å². The predicted molar refractivity (Wildman–Crippen MR) is 293 cm³/mol. The maximum atomic E-state index is 8.68. The number of nitrogens with zero attached hydrogens (tertiary/aromatic N) is 4. The Morgan fingerprint density at radius 3 is 1.86 bits per heavy atom. The molecule has 10 aromatic rings. The summed E-state index contributed by atoms with van der Waals surface area (Å²) in [6.07, 6.45) is 1.91. The van der Waals surface area contributed by atoms with Crippen molar-refractivity contribution in [1.82, 2.24) is 18.5 Å². The minimum absolute atomic E-state index is 0. The van der Waals surface area contributed by atoms with Gasteiger partial charge in [0.2, 0.25) is 0 Å². The van der Waals surface area contributed by atoms with E-state index < -0.39 is 14.9 Å². The minimum Gasteiger partial charge on any atom is -0.509 e. The monoisotopic (exact) mass is 1120 g/mol. The van der Waals surface area contributed by atoms with E-state index in [1.807, 2.05) is 30.5 Å². The number of hydrogen-bond acceptors (Lipinski definition) is 2. The Bertz CT molecular complexity index is 3650. The van der Waals surface area contributed by atoms with Gasteiger partial charge in [0, 0.05) is 71.8 Å². The Kier molecular flexibility index (Phi) is 10.5. The predicted octanol–water partition coefficient (Wildman–Crippen LogP) is 13.2. The van der Waals surface area contributed by atoms with Crippen LogP contribution in [0.25, 0.3) is 27.6 Å². The molecule has 0 unspecified atom stereocenters. The maximum Gasteiger partial charge on any atom is 0.184 e. The molecular weight excluding hydrogens is 1060 g/mol. The van der Waals surface area contributed by atoms with Crippen molar-refractivity contribution >= 4 is 73.4 Å². The van der Waals surface area contributed by atoms with E-state index in [1.165, 1.54) is 31.9 Å². The molecule has 1 saturated heterocycles. The maximum absolute atomic E-state index is 8.68. The van der Waals surface area contributed by atoms with E-state index in [4.69, 9.17) is 13.8 Å². The van der Waals surface area contributed by atoms with E-state index in [2.05, 4.69) is 229 Å². The van der Waals surface area contributed by atoms with Gasteiger partial charge in [-0.1, -0.05) is 181 Å². The van der Waals surface area contributed by atoms with Crippen LogP contribution in [-0.2, 0) is 31.9 Å². The average Bonchev–Trinajstić information content (AvgIpc) is 4.01. The SMILES string of the molecule is [2H]C([2H])([2H])c1cccc2c1[N@@+]1(c3cccc(C(C)(C)C)c3)[CH-][N@+]2(c2[c-]c(Oc3[c-]c4c(cc3)c3cc([Si](c5ccccc5)(c5ccccc5)c5ccccc5)ccc3n4-c3cc(C(C)(C)C)ccn3)ccc2)C1.[Pt]. The zero-order valence-electron chi connectivity index (χ0n) is 43.9. The van der Waals surface area contributed by atoms with Crippen molar-refractivity contribution in [3.05, 3.63) is 236 Å². The summed E-state index contributed by atoms with van der Waals surface area (Å²) >= 11 is 0. The molecule has 2 bridgehead atoms. The molecule has 7 heteroatoms. The Balaban J connectivity index is 0.00000588. The van der Waals surface area contributed by atoms with Crippen molar-refractivity contribution in [3.8, 4) is 17.3 Å². The second kappa shape index (κ2) is 17.3. The first-order chi connectivity index (χ1) is 35.0. The van der Waals surface area contributed by atoms with Crippen LogP contribution < -0.4 is 34.4 Å². The zero-order chi connectivity index (χ0) is 50.5. The smallest absolute Gasteiger partial charge is 0.184 e. The summed E-state index contributed by atoms with van der Waals surface area (Å²) in [6, 6.07) is 76.4. The molecule has 5 heterocycles. The summed E-state index contributed by atoms with van der Waals surface area (Å²) in [7, 11) is -2.86. The Hall–Kier alpha value is -6.66. The van der Waals surface area contributed by atoms with Crippen LogP contribution in [0.5, 0.6) is 11.5 Å². The summed E-state index contributed by atoms with van der Waals surface area (Å²) in [5.41, 5.74) is 8.10. The molecule has 0 aliphatic carbocycles. The number of aryl methyl sites for hydroxylation is 1. The fourth-order valence-corrected chi connectivity index (χ4v) is 16.1. The molecule has 354 valence electrons. The van der Waals surface area contributed by atoms with Gasteiger partial charge in [-0.15, -0.1) is 29.7 Å². The summed E-state index contributed by atoms with van der Waals surface area (Å²) in [6.45, 7) is 13.9. The quantitative estimate of drug-likeness (QED) is 0.0623. The van der Waals surface area contributed by atoms with Crippen LogP contribution in [0.15, 0.2) is 200 Å². The summed E-state index contributed by atoms with van der Waals surface area (Å²) in [4.78, 5) is 5.04. The second-order valence-electron chi connectivity index (χ2n) is 21.1. The number of pyridine rings is 1. The van der Waals surface area contributed by atoms with Crippen LogP contribution in [0.2, 0.25) is 0 Å². The average molecular weight is 1120 g/mol. The third kappa shape index (κ3) is 7.41. The fourth-order valence-electron chi connectivity index (χ4n) is 11.3. The normalized spacial score (nSPS) is 18.2. The van der Waals surface area contributed by atoms with Crippen LogP contribution in [0.1, 0.15) is 62.3 Å². The van der Waals surface area contributed by atoms with Gasteiger partial charge in [-0.05, 0) is 79.2 Å². The second-order valence-corrected chi connectivity index (χ2v) is 24.9. The van der Waals surface area contributed by atoms with E-state index in [-0.39, 0.29) is 31.9 Å². The number of fused-ring (bicyclic) bond motifs is 3. The molecule has 3 aliphatic heterocycles. The number of rotatable bonds is 9. The fraction of sp³-hybridized carbons (Fsp3) is 0.156. The van der Waals surface area contributed by atoms with E-state index in [0.29, 0.717) is 32.7 Å². The van der Waals surface area contributed by atoms with Crippen molar-refractivity contribution in [2.45, 2.75) is 59.2 Å². The third-order valence-corrected chi connectivity index (χ3v) is 19.6. The molecule has 1 fully saturated rings. The van der Waals surface area contributed by atoms with Gasteiger partial charge in [-0.2, -0.15) is 12.1 Å². The van der Waals surface area contributed by atoms with Crippen molar-refractivity contribution in [3.63, 3.8) is 0 Å². The first-order valence-corrected chi connectivity index (χ1v) is 26.2. The minimum atomic E-state index is -2.86. The first-order valence-electron chi connectivity index (χ1n) is 25.7. The van der Waals surface area contributed by atoms with Crippen LogP contribution in [-0.4, -0.2) is 24.3 Å². The van der Waals surface area contributed by atoms with Crippen LogP contribution >= 0.6 is 0 Å². The Morgan fingerprint density at radius 1 is 0.592 bits per heavy atom. The number of para-hydroxylation sites is 1. The number of benzene rings is 8. The summed E-state index contributed by atoms with van der Waals surface area (Å²) in [5.74, 6) is 1.89. The molecule has 0 spiro atoms. The van der Waals surface area contributed by atoms with Crippen molar-refractivity contribution in [1.29, 1.82) is 0 Å². The molecule has 2 aromatic heterocycles. The number of hydrogen-bond donors (Lipinski definition) is 0. The van der Waals surface area contributed by atoms with Crippen LogP contribution in [0.4, 0.5) is 22.7 Å². The molecule has 13 rings (SSSR count). The molecular formula is C64H57N4OPtSi-. The van der Waals surface area contributed by atoms with E-state index in [9.17, 15) is 0 Å². The molecule has 0 radical (unpaired) electrons. The molecule has 2 atom stereocenters. The number of aromatic nitrogens is 2. The number of ether oxygens (including phenoxy) is 1. The number of quaternary nitrogens is 2. The molecule has 71 heavy (non-hydrogen) atoms. The summed E-state index contributed by atoms with van der Waals surface area (Å²) < 4.78 is 35.8. The van der Waals surface area contributed by atoms with Crippen LogP contribution in [0.3, 0.4) is 0 Å². The van der Waals surface area contributed by atoms with Gasteiger partial charge in [0.05, 0.1) is 6.67 Å². The van der Waals surface area contributed by atoms with Gasteiger partial charge in [0.25, 0.3) is 0 Å². The van der Waals surface area contributed by atoms with Gasteiger partial charge in [-0.25, -0.2) is 4.98 Å². The van der Waals surface area contributed by atoms with Crippen molar-refractivity contribution in [2.24, 2.45) is 0 Å². The van der Waals surface area contributed by atoms with E-state index in [1.54, 1.807) is 6.07 Å². The first kappa shape index (κ1) is 43.2. The summed E-state index contributed by atoms with van der Waals surface area (Å²) in [5, 5.41) is 7.36. The third-order valence-electron chi connectivity index (χ3n) is 14.8. The topological polar surface area (TPSA) is 27.1 Å². The van der Waals surface area contributed by atoms with E-state index in [0.717, 1.165) is 50.4 Å². The molecule has 0 saturated carbocycles. The standard InChI is InChI=1S/C64H57N4OSi.Pt/c1-45-20-17-31-60-62(45)68(48-22-18-21-46(38-48)63(2,3)4)43-67(60,44-68)49-23-19-24-50(40-49)69-51-32-34-56-57-42-55(33-35-58(57)66(59(56)41-51)61-39-47(36-37-65-61)64(5,6)7)70(52-25-11-8-12-26-52,53-27-13-9-14-28-53)54-29-15-10-16-30-54;/h8-39,42-43H,44H2,1-7H3;/q-1;/t67-,68+;/m1./s1/i1D3;. The molecule has 0 amide bonds. The zero-order valence-corrected chi connectivity index (χ0v) is 44.1.